The molecule has 0 amide bonds. The summed E-state index contributed by atoms with van der Waals surface area (Å²) in [5, 5.41) is 9.60. The molecule has 18 heavy (non-hydrogen) atoms. The van der Waals surface area contributed by atoms with Crippen molar-refractivity contribution in [3.63, 3.8) is 0 Å². The minimum absolute atomic E-state index is 0.0816. The molecule has 98 valence electrons. The van der Waals surface area contributed by atoms with Gasteiger partial charge in [0.2, 0.25) is 0 Å². The van der Waals surface area contributed by atoms with Gasteiger partial charge in [0.25, 0.3) is 0 Å². The van der Waals surface area contributed by atoms with Crippen LogP contribution in [0.1, 0.15) is 24.0 Å². The standard InChI is InChI=1S/C15H20O3/c1-11-2-3-14-12(6-11)7-13(18-14)8-15(9-16)4-5-17-10-15/h2-3,6,13,16H,4-5,7-10H2,1H3. The SMILES string of the molecule is Cc1ccc2c(c1)CC(CC1(CO)CCOC1)O2. The minimum Gasteiger partial charge on any atom is -0.490 e. The van der Waals surface area contributed by atoms with Crippen molar-refractivity contribution in [3.8, 4) is 5.75 Å². The maximum Gasteiger partial charge on any atom is 0.123 e. The number of aryl methyl sites for hydroxylation is 1. The molecule has 1 aromatic rings. The lowest BCUT2D eigenvalue weighted by Gasteiger charge is -2.27. The van der Waals surface area contributed by atoms with Crippen LogP contribution in [-0.2, 0) is 11.2 Å². The van der Waals surface area contributed by atoms with Crippen molar-refractivity contribution in [2.45, 2.75) is 32.3 Å². The van der Waals surface area contributed by atoms with Gasteiger partial charge in [-0.25, -0.2) is 0 Å². The highest BCUT2D eigenvalue weighted by Crippen LogP contribution is 2.38. The van der Waals surface area contributed by atoms with E-state index in [1.807, 2.05) is 0 Å². The Hall–Kier alpha value is -1.06. The summed E-state index contributed by atoms with van der Waals surface area (Å²) in [7, 11) is 0. The van der Waals surface area contributed by atoms with Crippen LogP contribution in [0.15, 0.2) is 18.2 Å². The molecule has 0 spiro atoms. The molecule has 2 heterocycles. The predicted octanol–water partition coefficient (Wildman–Crippen LogP) is 2.09. The molecule has 3 nitrogen and oxygen atoms in total. The number of fused-ring (bicyclic) bond motifs is 1. The van der Waals surface area contributed by atoms with Gasteiger partial charge in [-0.2, -0.15) is 0 Å². The maximum absolute atomic E-state index is 9.60. The average Bonchev–Trinajstić information content (AvgIpc) is 2.96. The minimum atomic E-state index is -0.0816. The van der Waals surface area contributed by atoms with Crippen molar-refractivity contribution in [1.29, 1.82) is 0 Å². The van der Waals surface area contributed by atoms with Crippen LogP contribution in [-0.4, -0.2) is 31.0 Å². The predicted molar refractivity (Wildman–Crippen MR) is 68.9 cm³/mol. The number of aliphatic hydroxyl groups excluding tert-OH is 1. The third kappa shape index (κ3) is 2.13. The van der Waals surface area contributed by atoms with Crippen LogP contribution in [0.3, 0.4) is 0 Å². The highest BCUT2D eigenvalue weighted by Gasteiger charge is 2.39. The molecule has 0 bridgehead atoms. The molecule has 0 radical (unpaired) electrons. The fraction of sp³-hybridized carbons (Fsp3) is 0.600. The van der Waals surface area contributed by atoms with Crippen molar-refractivity contribution >= 4 is 0 Å². The van der Waals surface area contributed by atoms with Gasteiger partial charge in [-0.1, -0.05) is 17.7 Å². The molecule has 2 aliphatic rings. The lowest BCUT2D eigenvalue weighted by atomic mass is 9.81. The Morgan fingerprint density at radius 1 is 1.44 bits per heavy atom. The lowest BCUT2D eigenvalue weighted by molar-refractivity contribution is 0.0533. The zero-order chi connectivity index (χ0) is 12.6. The van der Waals surface area contributed by atoms with Gasteiger partial charge in [-0.15, -0.1) is 0 Å². The fourth-order valence-electron chi connectivity index (χ4n) is 3.05. The van der Waals surface area contributed by atoms with Crippen LogP contribution in [0, 0.1) is 12.3 Å². The molecule has 2 unspecified atom stereocenters. The van der Waals surface area contributed by atoms with Crippen LogP contribution in [0.2, 0.25) is 0 Å². The third-order valence-corrected chi connectivity index (χ3v) is 4.14. The maximum atomic E-state index is 9.60. The number of ether oxygens (including phenoxy) is 2. The van der Waals surface area contributed by atoms with Gasteiger partial charge in [0, 0.05) is 18.4 Å². The van der Waals surface area contributed by atoms with Crippen molar-refractivity contribution in [2.24, 2.45) is 5.41 Å². The van der Waals surface area contributed by atoms with E-state index in [-0.39, 0.29) is 18.1 Å². The van der Waals surface area contributed by atoms with E-state index in [1.54, 1.807) is 0 Å². The van der Waals surface area contributed by atoms with Crippen molar-refractivity contribution in [2.75, 3.05) is 19.8 Å². The Bertz CT molecular complexity index is 435. The first-order valence-electron chi connectivity index (χ1n) is 6.66. The number of aliphatic hydroxyl groups is 1. The van der Waals surface area contributed by atoms with Gasteiger partial charge in [0.1, 0.15) is 11.9 Å². The molecule has 0 saturated carbocycles. The van der Waals surface area contributed by atoms with Gasteiger partial charge in [-0.05, 0) is 31.4 Å². The van der Waals surface area contributed by atoms with E-state index in [9.17, 15) is 5.11 Å². The quantitative estimate of drug-likeness (QED) is 0.890. The lowest BCUT2D eigenvalue weighted by Crippen LogP contribution is -2.32. The van der Waals surface area contributed by atoms with E-state index in [0.29, 0.717) is 6.61 Å². The van der Waals surface area contributed by atoms with Crippen LogP contribution >= 0.6 is 0 Å². The largest absolute Gasteiger partial charge is 0.490 e. The summed E-state index contributed by atoms with van der Waals surface area (Å²) in [5.41, 5.74) is 2.49. The molecule has 0 aliphatic carbocycles. The van der Waals surface area contributed by atoms with Crippen LogP contribution in [0.4, 0.5) is 0 Å². The zero-order valence-electron chi connectivity index (χ0n) is 10.8. The summed E-state index contributed by atoms with van der Waals surface area (Å²) in [4.78, 5) is 0. The van der Waals surface area contributed by atoms with E-state index in [4.69, 9.17) is 9.47 Å². The summed E-state index contributed by atoms with van der Waals surface area (Å²) in [6.45, 7) is 3.73. The highest BCUT2D eigenvalue weighted by atomic mass is 16.5. The number of hydrogen-bond donors (Lipinski definition) is 1. The first-order valence-corrected chi connectivity index (χ1v) is 6.66. The number of benzene rings is 1. The molecule has 1 saturated heterocycles. The van der Waals surface area contributed by atoms with E-state index in [0.717, 1.165) is 31.6 Å². The average molecular weight is 248 g/mol. The normalized spacial score (nSPS) is 30.2. The van der Waals surface area contributed by atoms with Crippen LogP contribution in [0.5, 0.6) is 5.75 Å². The molecule has 1 N–H and O–H groups in total. The molecular formula is C15H20O3. The Morgan fingerprint density at radius 3 is 3.06 bits per heavy atom. The molecule has 1 aromatic carbocycles. The van der Waals surface area contributed by atoms with E-state index in [1.165, 1.54) is 11.1 Å². The molecule has 1 fully saturated rings. The van der Waals surface area contributed by atoms with Crippen molar-refractivity contribution in [1.82, 2.24) is 0 Å². The Kier molecular flexibility index (Phi) is 3.04. The summed E-state index contributed by atoms with van der Waals surface area (Å²) < 4.78 is 11.4. The summed E-state index contributed by atoms with van der Waals surface area (Å²) in [6, 6.07) is 6.34. The first-order chi connectivity index (χ1) is 8.71. The second kappa shape index (κ2) is 4.56. The Labute approximate surface area is 108 Å². The van der Waals surface area contributed by atoms with Gasteiger partial charge in [0.15, 0.2) is 0 Å². The third-order valence-electron chi connectivity index (χ3n) is 4.14. The van der Waals surface area contributed by atoms with Crippen molar-refractivity contribution in [3.05, 3.63) is 29.3 Å². The van der Waals surface area contributed by atoms with E-state index in [2.05, 4.69) is 25.1 Å². The summed E-state index contributed by atoms with van der Waals surface area (Å²) in [6.07, 6.45) is 2.98. The summed E-state index contributed by atoms with van der Waals surface area (Å²) in [5.74, 6) is 1.01. The monoisotopic (exact) mass is 248 g/mol. The smallest absolute Gasteiger partial charge is 0.123 e. The highest BCUT2D eigenvalue weighted by molar-refractivity contribution is 5.40. The van der Waals surface area contributed by atoms with Crippen LogP contribution in [0.25, 0.3) is 0 Å². The van der Waals surface area contributed by atoms with Gasteiger partial charge in [0.05, 0.1) is 13.2 Å². The number of rotatable bonds is 3. The topological polar surface area (TPSA) is 38.7 Å². The first kappa shape index (κ1) is 12.0. The van der Waals surface area contributed by atoms with Gasteiger partial charge < -0.3 is 14.6 Å². The van der Waals surface area contributed by atoms with E-state index >= 15 is 0 Å². The van der Waals surface area contributed by atoms with Gasteiger partial charge in [-0.3, -0.25) is 0 Å². The second-order valence-electron chi connectivity index (χ2n) is 5.72. The molecule has 0 aromatic heterocycles. The van der Waals surface area contributed by atoms with E-state index < -0.39 is 0 Å². The molecule has 3 heteroatoms. The number of hydrogen-bond acceptors (Lipinski definition) is 3. The Balaban J connectivity index is 1.70. The molecule has 2 atom stereocenters. The molecular weight excluding hydrogens is 228 g/mol. The zero-order valence-corrected chi connectivity index (χ0v) is 10.8. The summed E-state index contributed by atoms with van der Waals surface area (Å²) >= 11 is 0. The molecule has 3 rings (SSSR count). The fourth-order valence-corrected chi connectivity index (χ4v) is 3.05. The second-order valence-corrected chi connectivity index (χ2v) is 5.72. The van der Waals surface area contributed by atoms with Crippen LogP contribution < -0.4 is 4.74 Å². The van der Waals surface area contributed by atoms with Crippen molar-refractivity contribution < 1.29 is 14.6 Å². The van der Waals surface area contributed by atoms with Gasteiger partial charge >= 0.3 is 0 Å². The Morgan fingerprint density at radius 2 is 2.33 bits per heavy atom. The molecule has 2 aliphatic heterocycles.